The monoisotopic (exact) mass is 453 g/mol. The summed E-state index contributed by atoms with van der Waals surface area (Å²) < 4.78 is 13.0. The SMILES string of the molecule is COC(=O)c1c(OCC2CCCN(C)C2)cc(=O)n2c1CCN(Cc1ccccc1C)CC2. The fourth-order valence-electron chi connectivity index (χ4n) is 5.03. The minimum absolute atomic E-state index is 0.119. The van der Waals surface area contributed by atoms with Crippen LogP contribution in [-0.4, -0.2) is 67.3 Å². The molecule has 1 atom stereocenters. The van der Waals surface area contributed by atoms with E-state index in [0.717, 1.165) is 51.3 Å². The van der Waals surface area contributed by atoms with E-state index in [1.165, 1.54) is 24.3 Å². The third-order valence-corrected chi connectivity index (χ3v) is 6.93. The van der Waals surface area contributed by atoms with Crippen LogP contribution in [0.3, 0.4) is 0 Å². The average molecular weight is 454 g/mol. The van der Waals surface area contributed by atoms with Crippen molar-refractivity contribution in [3.05, 3.63) is 63.1 Å². The van der Waals surface area contributed by atoms with E-state index in [9.17, 15) is 9.59 Å². The molecule has 2 aliphatic rings. The lowest BCUT2D eigenvalue weighted by molar-refractivity contribution is 0.0590. The van der Waals surface area contributed by atoms with Crippen molar-refractivity contribution < 1.29 is 14.3 Å². The first-order valence-corrected chi connectivity index (χ1v) is 11.9. The van der Waals surface area contributed by atoms with Gasteiger partial charge in [-0.25, -0.2) is 4.79 Å². The number of ether oxygens (including phenoxy) is 2. The van der Waals surface area contributed by atoms with Crippen LogP contribution in [0.25, 0.3) is 0 Å². The van der Waals surface area contributed by atoms with Gasteiger partial charge in [0.2, 0.25) is 0 Å². The molecule has 1 aromatic heterocycles. The minimum atomic E-state index is -0.443. The van der Waals surface area contributed by atoms with Crippen LogP contribution in [0.15, 0.2) is 35.1 Å². The van der Waals surface area contributed by atoms with Crippen molar-refractivity contribution in [2.45, 2.75) is 39.3 Å². The third kappa shape index (κ3) is 5.47. The smallest absolute Gasteiger partial charge is 0.343 e. The van der Waals surface area contributed by atoms with Gasteiger partial charge in [-0.1, -0.05) is 24.3 Å². The normalized spacial score (nSPS) is 19.5. The van der Waals surface area contributed by atoms with E-state index in [1.807, 2.05) is 6.07 Å². The molecule has 178 valence electrons. The molecule has 0 N–H and O–H groups in total. The van der Waals surface area contributed by atoms with Gasteiger partial charge in [-0.2, -0.15) is 0 Å². The number of carbonyl (C=O) groups excluding carboxylic acids is 1. The molecule has 0 radical (unpaired) electrons. The Kier molecular flexibility index (Phi) is 7.50. The Labute approximate surface area is 195 Å². The Bertz CT molecular complexity index is 1050. The zero-order valence-electron chi connectivity index (χ0n) is 20.0. The van der Waals surface area contributed by atoms with Gasteiger partial charge >= 0.3 is 5.97 Å². The summed E-state index contributed by atoms with van der Waals surface area (Å²) in [7, 11) is 3.50. The summed E-state index contributed by atoms with van der Waals surface area (Å²) in [5.74, 6) is 0.306. The highest BCUT2D eigenvalue weighted by atomic mass is 16.5. The molecule has 1 saturated heterocycles. The number of aromatic nitrogens is 1. The van der Waals surface area contributed by atoms with Crippen LogP contribution in [-0.2, 0) is 24.2 Å². The second-order valence-corrected chi connectivity index (χ2v) is 9.35. The summed E-state index contributed by atoms with van der Waals surface area (Å²) in [6, 6.07) is 9.84. The van der Waals surface area contributed by atoms with Crippen molar-refractivity contribution in [1.29, 1.82) is 0 Å². The molecule has 1 fully saturated rings. The van der Waals surface area contributed by atoms with Gasteiger partial charge in [-0.15, -0.1) is 0 Å². The Morgan fingerprint density at radius 2 is 1.97 bits per heavy atom. The molecule has 2 aromatic rings. The number of benzene rings is 1. The lowest BCUT2D eigenvalue weighted by Gasteiger charge is -2.29. The number of esters is 1. The maximum Gasteiger partial charge on any atom is 0.343 e. The van der Waals surface area contributed by atoms with E-state index in [2.05, 4.69) is 42.0 Å². The maximum absolute atomic E-state index is 13.0. The predicted octanol–water partition coefficient (Wildman–Crippen LogP) is 2.72. The highest BCUT2D eigenvalue weighted by Crippen LogP contribution is 2.26. The van der Waals surface area contributed by atoms with Crippen LogP contribution in [0.1, 0.15) is 40.0 Å². The number of pyridine rings is 1. The average Bonchev–Trinajstić information content (AvgIpc) is 3.02. The first-order chi connectivity index (χ1) is 16.0. The standard InChI is InChI=1S/C26H35N3O4/c1-19-7-4-5-9-21(19)17-28-12-10-22-25(26(31)32-3)23(15-24(30)29(22)14-13-28)33-18-20-8-6-11-27(2)16-20/h4-5,7,9,15,20H,6,8,10-14,16-18H2,1-3H3. The number of methoxy groups -OCH3 is 1. The van der Waals surface area contributed by atoms with Crippen LogP contribution >= 0.6 is 0 Å². The van der Waals surface area contributed by atoms with Crippen LogP contribution in [0.4, 0.5) is 0 Å². The molecule has 0 saturated carbocycles. The van der Waals surface area contributed by atoms with Gasteiger partial charge in [0.15, 0.2) is 0 Å². The number of hydrogen-bond acceptors (Lipinski definition) is 6. The second kappa shape index (κ2) is 10.5. The molecule has 1 aromatic carbocycles. The fraction of sp³-hybridized carbons (Fsp3) is 0.538. The summed E-state index contributed by atoms with van der Waals surface area (Å²) in [5, 5.41) is 0. The van der Waals surface area contributed by atoms with Crippen LogP contribution in [0.5, 0.6) is 5.75 Å². The lowest BCUT2D eigenvalue weighted by Crippen LogP contribution is -2.35. The number of fused-ring (bicyclic) bond motifs is 1. The fourth-order valence-corrected chi connectivity index (χ4v) is 5.03. The van der Waals surface area contributed by atoms with Gasteiger partial charge in [-0.05, 0) is 44.5 Å². The molecule has 7 nitrogen and oxygen atoms in total. The van der Waals surface area contributed by atoms with Crippen LogP contribution in [0, 0.1) is 12.8 Å². The Morgan fingerprint density at radius 1 is 1.15 bits per heavy atom. The molecule has 0 aliphatic carbocycles. The lowest BCUT2D eigenvalue weighted by atomic mass is 9.99. The van der Waals surface area contributed by atoms with Crippen molar-refractivity contribution in [2.75, 3.05) is 46.9 Å². The van der Waals surface area contributed by atoms with Crippen molar-refractivity contribution in [3.8, 4) is 5.75 Å². The summed E-state index contributed by atoms with van der Waals surface area (Å²) in [4.78, 5) is 30.5. The maximum atomic E-state index is 13.0. The molecule has 4 rings (SSSR count). The van der Waals surface area contributed by atoms with Crippen molar-refractivity contribution >= 4 is 5.97 Å². The zero-order chi connectivity index (χ0) is 23.4. The van der Waals surface area contributed by atoms with E-state index in [-0.39, 0.29) is 5.56 Å². The molecule has 0 amide bonds. The Morgan fingerprint density at radius 3 is 2.73 bits per heavy atom. The van der Waals surface area contributed by atoms with Crippen molar-refractivity contribution in [3.63, 3.8) is 0 Å². The number of nitrogens with zero attached hydrogens (tertiary/aromatic N) is 3. The quantitative estimate of drug-likeness (QED) is 0.627. The molecule has 3 heterocycles. The van der Waals surface area contributed by atoms with E-state index in [0.29, 0.717) is 36.8 Å². The predicted molar refractivity (Wildman–Crippen MR) is 128 cm³/mol. The third-order valence-electron chi connectivity index (χ3n) is 6.93. The zero-order valence-corrected chi connectivity index (χ0v) is 20.0. The largest absolute Gasteiger partial charge is 0.492 e. The molecular weight excluding hydrogens is 418 g/mol. The van der Waals surface area contributed by atoms with Gasteiger partial charge < -0.3 is 18.9 Å². The second-order valence-electron chi connectivity index (χ2n) is 9.35. The highest BCUT2D eigenvalue weighted by molar-refractivity contribution is 5.93. The number of hydrogen-bond donors (Lipinski definition) is 0. The molecule has 33 heavy (non-hydrogen) atoms. The van der Waals surface area contributed by atoms with E-state index in [1.54, 1.807) is 4.57 Å². The van der Waals surface area contributed by atoms with Gasteiger partial charge in [0.05, 0.1) is 13.7 Å². The van der Waals surface area contributed by atoms with Gasteiger partial charge in [-0.3, -0.25) is 9.69 Å². The van der Waals surface area contributed by atoms with Crippen LogP contribution in [0.2, 0.25) is 0 Å². The molecular formula is C26H35N3O4. The van der Waals surface area contributed by atoms with E-state index < -0.39 is 5.97 Å². The summed E-state index contributed by atoms with van der Waals surface area (Å²) in [5.41, 5.74) is 3.55. The Hall–Kier alpha value is -2.64. The Balaban J connectivity index is 1.57. The van der Waals surface area contributed by atoms with Crippen molar-refractivity contribution in [1.82, 2.24) is 14.4 Å². The number of likely N-dealkylation sites (tertiary alicyclic amines) is 1. The van der Waals surface area contributed by atoms with E-state index >= 15 is 0 Å². The summed E-state index contributed by atoms with van der Waals surface area (Å²) >= 11 is 0. The summed E-state index contributed by atoms with van der Waals surface area (Å²) in [6.45, 7) is 7.55. The number of piperidine rings is 1. The summed E-state index contributed by atoms with van der Waals surface area (Å²) in [6.07, 6.45) is 2.82. The van der Waals surface area contributed by atoms with Gasteiger partial charge in [0.25, 0.3) is 5.56 Å². The topological polar surface area (TPSA) is 64.0 Å². The number of aryl methyl sites for hydroxylation is 1. The van der Waals surface area contributed by atoms with Gasteiger partial charge in [0.1, 0.15) is 11.3 Å². The first kappa shape index (κ1) is 23.5. The molecule has 0 bridgehead atoms. The highest BCUT2D eigenvalue weighted by Gasteiger charge is 2.27. The minimum Gasteiger partial charge on any atom is -0.492 e. The molecule has 7 heteroatoms. The molecule has 0 spiro atoms. The van der Waals surface area contributed by atoms with E-state index in [4.69, 9.17) is 9.47 Å². The first-order valence-electron chi connectivity index (χ1n) is 11.9. The van der Waals surface area contributed by atoms with Crippen LogP contribution < -0.4 is 10.3 Å². The number of rotatable bonds is 6. The number of carbonyl (C=O) groups is 1. The molecule has 1 unspecified atom stereocenters. The van der Waals surface area contributed by atoms with Crippen molar-refractivity contribution in [2.24, 2.45) is 5.92 Å². The molecule has 2 aliphatic heterocycles. The van der Waals surface area contributed by atoms with Gasteiger partial charge in [0, 0.05) is 56.8 Å².